The van der Waals surface area contributed by atoms with Crippen LogP contribution in [0.25, 0.3) is 0 Å². The normalized spacial score (nSPS) is 9.00. The Kier molecular flexibility index (Phi) is 2.53. The van der Waals surface area contributed by atoms with Gasteiger partial charge in [-0.05, 0) is 12.1 Å². The summed E-state index contributed by atoms with van der Waals surface area (Å²) < 4.78 is 4.57. The van der Waals surface area contributed by atoms with Crippen molar-refractivity contribution in [2.45, 2.75) is 0 Å². The fourth-order valence-electron chi connectivity index (χ4n) is 0.493. The lowest BCUT2D eigenvalue weighted by Crippen LogP contribution is -1.99. The first-order valence-corrected chi connectivity index (χ1v) is 2.95. The van der Waals surface area contributed by atoms with Crippen molar-refractivity contribution in [3.63, 3.8) is 0 Å². The highest BCUT2D eigenvalue weighted by molar-refractivity contribution is 6.29. The van der Waals surface area contributed by atoms with Gasteiger partial charge in [0.15, 0.2) is 0 Å². The van der Waals surface area contributed by atoms with Gasteiger partial charge in [-0.25, -0.2) is 4.98 Å². The lowest BCUT2D eigenvalue weighted by molar-refractivity contribution is 0.452. The first kappa shape index (κ1) is 7.37. The molecule has 0 aliphatic carbocycles. The molecule has 0 atom stereocenters. The molecule has 0 amide bonds. The molecule has 0 unspecified atom stereocenters. The predicted molar refractivity (Wildman–Crippen MR) is 37.8 cm³/mol. The molecule has 51 valence electrons. The zero-order chi connectivity index (χ0) is 7.40. The summed E-state index contributed by atoms with van der Waals surface area (Å²) in [6, 6.07) is 3.17. The molecule has 10 heavy (non-hydrogen) atoms. The third-order valence-electron chi connectivity index (χ3n) is 0.889. The third-order valence-corrected chi connectivity index (χ3v) is 1.11. The largest absolute Gasteiger partial charge is 0.569 e. The summed E-state index contributed by atoms with van der Waals surface area (Å²) in [5.41, 5.74) is 0. The van der Waals surface area contributed by atoms with Crippen LogP contribution in [0.15, 0.2) is 18.3 Å². The molecule has 5 heteroatoms. The van der Waals surface area contributed by atoms with Crippen LogP contribution in [0.3, 0.4) is 0 Å². The van der Waals surface area contributed by atoms with Crippen LogP contribution in [0.1, 0.15) is 0 Å². The first-order valence-electron chi connectivity index (χ1n) is 2.57. The smallest absolute Gasteiger partial charge is 0.536 e. The van der Waals surface area contributed by atoms with Gasteiger partial charge in [0.2, 0.25) is 0 Å². The van der Waals surface area contributed by atoms with Crippen LogP contribution in [0, 0.1) is 0 Å². The van der Waals surface area contributed by atoms with Crippen molar-refractivity contribution < 1.29 is 9.68 Å². The number of hydrogen-bond donors (Lipinski definition) is 1. The molecule has 0 bridgehead atoms. The van der Waals surface area contributed by atoms with Crippen LogP contribution >= 0.6 is 11.6 Å². The van der Waals surface area contributed by atoms with Crippen molar-refractivity contribution in [1.82, 2.24) is 4.98 Å². The Morgan fingerprint density at radius 3 is 2.90 bits per heavy atom. The monoisotopic (exact) mass is 156 g/mol. The van der Waals surface area contributed by atoms with E-state index in [1.165, 1.54) is 6.20 Å². The Labute approximate surface area is 63.9 Å². The minimum atomic E-state index is 0.394. The van der Waals surface area contributed by atoms with Gasteiger partial charge in [0.25, 0.3) is 0 Å². The quantitative estimate of drug-likeness (QED) is 0.505. The Morgan fingerprint density at radius 2 is 2.40 bits per heavy atom. The summed E-state index contributed by atoms with van der Waals surface area (Å²) in [4.78, 5) is 3.71. The maximum absolute atomic E-state index is 8.18. The maximum Gasteiger partial charge on any atom is 0.569 e. The Morgan fingerprint density at radius 1 is 1.60 bits per heavy atom. The molecule has 1 rings (SSSR count). The Bertz CT molecular complexity index is 203. The summed E-state index contributed by atoms with van der Waals surface area (Å²) in [5.74, 6) is 0.451. The van der Waals surface area contributed by atoms with Gasteiger partial charge in [0.1, 0.15) is 10.9 Å². The van der Waals surface area contributed by atoms with Crippen molar-refractivity contribution in [2.75, 3.05) is 0 Å². The zero-order valence-electron chi connectivity index (χ0n) is 4.99. The third kappa shape index (κ3) is 1.90. The van der Waals surface area contributed by atoms with Gasteiger partial charge in [0, 0.05) is 0 Å². The Hall–Kier alpha value is -0.735. The number of nitrogens with zero attached hydrogens (tertiary/aromatic N) is 1. The summed E-state index contributed by atoms with van der Waals surface area (Å²) >= 11 is 5.47. The summed E-state index contributed by atoms with van der Waals surface area (Å²) in [6.07, 6.45) is 1.41. The fraction of sp³-hybridized carbons (Fsp3) is 0. The minimum Gasteiger partial charge on any atom is -0.536 e. The van der Waals surface area contributed by atoms with E-state index >= 15 is 0 Å². The molecule has 1 aromatic rings. The summed E-state index contributed by atoms with van der Waals surface area (Å²) in [6.45, 7) is 0. The van der Waals surface area contributed by atoms with Crippen LogP contribution in [-0.2, 0) is 0 Å². The highest BCUT2D eigenvalue weighted by Gasteiger charge is 1.93. The van der Waals surface area contributed by atoms with E-state index in [9.17, 15) is 0 Å². The molecule has 0 aromatic carbocycles. The molecule has 1 N–H and O–H groups in total. The molecule has 0 spiro atoms. The minimum absolute atomic E-state index is 0.394. The van der Waals surface area contributed by atoms with E-state index in [0.29, 0.717) is 18.6 Å². The highest BCUT2D eigenvalue weighted by atomic mass is 35.5. The van der Waals surface area contributed by atoms with Crippen LogP contribution < -0.4 is 4.65 Å². The Balaban J connectivity index is 2.69. The van der Waals surface area contributed by atoms with E-state index in [4.69, 9.17) is 16.6 Å². The molecule has 1 heterocycles. The number of halogens is 1. The second-order valence-electron chi connectivity index (χ2n) is 1.54. The van der Waals surface area contributed by atoms with Crippen molar-refractivity contribution in [2.24, 2.45) is 0 Å². The predicted octanol–water partition coefficient (Wildman–Crippen LogP) is 0.640. The first-order chi connectivity index (χ1) is 4.83. The summed E-state index contributed by atoms with van der Waals surface area (Å²) in [7, 11) is 0.588. The van der Waals surface area contributed by atoms with Gasteiger partial charge in [-0.2, -0.15) is 0 Å². The van der Waals surface area contributed by atoms with E-state index in [0.717, 1.165) is 0 Å². The maximum atomic E-state index is 8.18. The molecule has 1 radical (unpaired) electrons. The van der Waals surface area contributed by atoms with E-state index in [1.54, 1.807) is 12.1 Å². The molecule has 1 aromatic heterocycles. The number of rotatable bonds is 2. The van der Waals surface area contributed by atoms with E-state index < -0.39 is 0 Å². The molecule has 0 aliphatic rings. The molecular formula is C5H4BClNO2. The van der Waals surface area contributed by atoms with Crippen LogP contribution in [-0.4, -0.2) is 17.7 Å². The van der Waals surface area contributed by atoms with Crippen molar-refractivity contribution in [3.8, 4) is 5.75 Å². The van der Waals surface area contributed by atoms with E-state index in [-0.39, 0.29) is 0 Å². The van der Waals surface area contributed by atoms with E-state index in [2.05, 4.69) is 9.64 Å². The molecule has 0 fully saturated rings. The van der Waals surface area contributed by atoms with Gasteiger partial charge in [0.05, 0.1) is 6.20 Å². The highest BCUT2D eigenvalue weighted by Crippen LogP contribution is 2.10. The number of hydrogen-bond acceptors (Lipinski definition) is 3. The van der Waals surface area contributed by atoms with Gasteiger partial charge < -0.3 is 9.68 Å². The molecular weight excluding hydrogens is 152 g/mol. The van der Waals surface area contributed by atoms with E-state index in [1.807, 2.05) is 0 Å². The van der Waals surface area contributed by atoms with Crippen LogP contribution in [0.5, 0.6) is 5.75 Å². The lowest BCUT2D eigenvalue weighted by atomic mass is 10.4. The van der Waals surface area contributed by atoms with Crippen LogP contribution in [0.2, 0.25) is 5.15 Å². The second kappa shape index (κ2) is 3.44. The lowest BCUT2D eigenvalue weighted by Gasteiger charge is -1.97. The number of pyridine rings is 1. The molecule has 0 aliphatic heterocycles. The average molecular weight is 156 g/mol. The molecule has 0 saturated carbocycles. The topological polar surface area (TPSA) is 42.4 Å². The van der Waals surface area contributed by atoms with Crippen molar-refractivity contribution >= 4 is 19.3 Å². The average Bonchev–Trinajstić information content (AvgIpc) is 1.95. The van der Waals surface area contributed by atoms with Crippen molar-refractivity contribution in [3.05, 3.63) is 23.5 Å². The SMILES string of the molecule is O[B]Oc1ccc(Cl)nc1. The van der Waals surface area contributed by atoms with Gasteiger partial charge >= 0.3 is 7.69 Å². The zero-order valence-corrected chi connectivity index (χ0v) is 5.75. The molecule has 3 nitrogen and oxygen atoms in total. The second-order valence-corrected chi connectivity index (χ2v) is 1.93. The van der Waals surface area contributed by atoms with Gasteiger partial charge in [-0.15, -0.1) is 0 Å². The van der Waals surface area contributed by atoms with Crippen molar-refractivity contribution in [1.29, 1.82) is 0 Å². The number of aromatic nitrogens is 1. The fourth-order valence-corrected chi connectivity index (χ4v) is 0.605. The summed E-state index contributed by atoms with van der Waals surface area (Å²) in [5, 5.41) is 8.57. The molecule has 0 saturated heterocycles. The van der Waals surface area contributed by atoms with Gasteiger partial charge in [-0.1, -0.05) is 11.6 Å². The van der Waals surface area contributed by atoms with Crippen LogP contribution in [0.4, 0.5) is 0 Å². The van der Waals surface area contributed by atoms with Gasteiger partial charge in [-0.3, -0.25) is 0 Å². The standard InChI is InChI=1S/C5H4BClNO2/c7-5-2-1-4(3-8-5)10-6-9/h1-3,9H.